The minimum Gasteiger partial charge on any atom is -0.479 e. The third-order valence-corrected chi connectivity index (χ3v) is 1.62. The van der Waals surface area contributed by atoms with Crippen LogP contribution in [0.4, 0.5) is 0 Å². The van der Waals surface area contributed by atoms with E-state index < -0.39 is 36.7 Å². The molecule has 0 radical (unpaired) electrons. The molecule has 0 saturated carbocycles. The minimum atomic E-state index is -3.44. The molecule has 7 N–H and O–H groups in total. The van der Waals surface area contributed by atoms with E-state index in [2.05, 4.69) is 0 Å². The topological polar surface area (TPSA) is 159 Å². The zero-order chi connectivity index (χ0) is 11.5. The van der Waals surface area contributed by atoms with E-state index in [0.717, 1.165) is 0 Å². The SMILES string of the molecule is O=C(O)C(O)C(O)(O)C(O)C(O)CO. The van der Waals surface area contributed by atoms with Crippen LogP contribution in [0.5, 0.6) is 0 Å². The molecule has 3 unspecified atom stereocenters. The smallest absolute Gasteiger partial charge is 0.338 e. The molecule has 0 aliphatic carbocycles. The lowest BCUT2D eigenvalue weighted by Gasteiger charge is -2.31. The highest BCUT2D eigenvalue weighted by Crippen LogP contribution is 2.15. The molecule has 0 aromatic heterocycles. The first-order chi connectivity index (χ1) is 6.25. The Morgan fingerprint density at radius 2 is 1.64 bits per heavy atom. The van der Waals surface area contributed by atoms with Gasteiger partial charge in [0.15, 0.2) is 0 Å². The first-order valence-corrected chi connectivity index (χ1v) is 3.57. The number of aliphatic hydroxyl groups is 6. The van der Waals surface area contributed by atoms with E-state index in [0.29, 0.717) is 0 Å². The molecule has 8 nitrogen and oxygen atoms in total. The molecule has 0 amide bonds. The summed E-state index contributed by atoms with van der Waals surface area (Å²) in [7, 11) is 0. The number of aliphatic carboxylic acids is 1. The van der Waals surface area contributed by atoms with Crippen LogP contribution in [0.3, 0.4) is 0 Å². The average molecular weight is 212 g/mol. The lowest BCUT2D eigenvalue weighted by atomic mass is 9.99. The summed E-state index contributed by atoms with van der Waals surface area (Å²) in [5.41, 5.74) is 0. The van der Waals surface area contributed by atoms with Crippen LogP contribution in [0.15, 0.2) is 0 Å². The normalized spacial score (nSPS) is 18.7. The highest BCUT2D eigenvalue weighted by Gasteiger charge is 2.48. The Labute approximate surface area is 78.3 Å². The first-order valence-electron chi connectivity index (χ1n) is 3.57. The molecule has 8 heteroatoms. The van der Waals surface area contributed by atoms with E-state index in [1.807, 2.05) is 0 Å². The fourth-order valence-electron chi connectivity index (χ4n) is 0.726. The monoisotopic (exact) mass is 212 g/mol. The summed E-state index contributed by atoms with van der Waals surface area (Å²) in [6, 6.07) is 0. The van der Waals surface area contributed by atoms with Crippen molar-refractivity contribution >= 4 is 5.97 Å². The molecule has 84 valence electrons. The van der Waals surface area contributed by atoms with Crippen molar-refractivity contribution in [3.8, 4) is 0 Å². The van der Waals surface area contributed by atoms with E-state index >= 15 is 0 Å². The summed E-state index contributed by atoms with van der Waals surface area (Å²) in [6.07, 6.45) is -7.07. The maximum atomic E-state index is 10.1. The number of carbonyl (C=O) groups is 1. The number of carboxylic acid groups (broad SMARTS) is 1. The lowest BCUT2D eigenvalue weighted by molar-refractivity contribution is -0.290. The van der Waals surface area contributed by atoms with Gasteiger partial charge in [0.05, 0.1) is 6.61 Å². The van der Waals surface area contributed by atoms with Gasteiger partial charge >= 0.3 is 5.97 Å². The van der Waals surface area contributed by atoms with Crippen molar-refractivity contribution in [2.75, 3.05) is 6.61 Å². The molecule has 0 aliphatic rings. The zero-order valence-corrected chi connectivity index (χ0v) is 6.98. The third-order valence-electron chi connectivity index (χ3n) is 1.62. The van der Waals surface area contributed by atoms with Crippen molar-refractivity contribution in [3.05, 3.63) is 0 Å². The van der Waals surface area contributed by atoms with Gasteiger partial charge in [-0.3, -0.25) is 0 Å². The van der Waals surface area contributed by atoms with Crippen molar-refractivity contribution in [2.24, 2.45) is 0 Å². The Balaban J connectivity index is 4.67. The van der Waals surface area contributed by atoms with Gasteiger partial charge in [-0.2, -0.15) is 0 Å². The number of rotatable bonds is 5. The molecule has 0 fully saturated rings. The second kappa shape index (κ2) is 4.64. The second-order valence-electron chi connectivity index (χ2n) is 2.72. The molecule has 0 heterocycles. The highest BCUT2D eigenvalue weighted by atomic mass is 16.6. The van der Waals surface area contributed by atoms with Gasteiger partial charge in [0.2, 0.25) is 11.9 Å². The van der Waals surface area contributed by atoms with Crippen molar-refractivity contribution < 1.29 is 40.5 Å². The van der Waals surface area contributed by atoms with E-state index in [1.54, 1.807) is 0 Å². The summed E-state index contributed by atoms with van der Waals surface area (Å²) in [6.45, 7) is -1.02. The van der Waals surface area contributed by atoms with Crippen LogP contribution in [0.2, 0.25) is 0 Å². The van der Waals surface area contributed by atoms with Gasteiger partial charge in [-0.05, 0) is 0 Å². The molecular weight excluding hydrogens is 200 g/mol. The molecule has 0 bridgehead atoms. The molecule has 0 saturated heterocycles. The predicted molar refractivity (Wildman–Crippen MR) is 39.9 cm³/mol. The largest absolute Gasteiger partial charge is 0.479 e. The molecule has 0 spiro atoms. The Morgan fingerprint density at radius 3 is 1.93 bits per heavy atom. The van der Waals surface area contributed by atoms with Crippen molar-refractivity contribution in [1.82, 2.24) is 0 Å². The van der Waals surface area contributed by atoms with Crippen LogP contribution in [0, 0.1) is 0 Å². The molecule has 14 heavy (non-hydrogen) atoms. The van der Waals surface area contributed by atoms with Crippen LogP contribution in [-0.2, 0) is 4.79 Å². The first kappa shape index (κ1) is 13.2. The van der Waals surface area contributed by atoms with Gasteiger partial charge in [0, 0.05) is 0 Å². The Hall–Kier alpha value is -0.770. The third kappa shape index (κ3) is 2.61. The Morgan fingerprint density at radius 1 is 1.21 bits per heavy atom. The molecule has 0 aromatic rings. The van der Waals surface area contributed by atoms with E-state index in [9.17, 15) is 4.79 Å². The lowest BCUT2D eigenvalue weighted by Crippen LogP contribution is -2.59. The molecular formula is C6H12O8. The summed E-state index contributed by atoms with van der Waals surface area (Å²) in [5.74, 6) is -5.42. The highest BCUT2D eigenvalue weighted by molar-refractivity contribution is 5.73. The maximum absolute atomic E-state index is 10.1. The molecule has 0 rings (SSSR count). The molecule has 3 atom stereocenters. The quantitative estimate of drug-likeness (QED) is 0.226. The van der Waals surface area contributed by atoms with E-state index in [4.69, 9.17) is 35.7 Å². The number of hydrogen-bond donors (Lipinski definition) is 7. The van der Waals surface area contributed by atoms with Gasteiger partial charge in [-0.15, -0.1) is 0 Å². The summed E-state index contributed by atoms with van der Waals surface area (Å²) < 4.78 is 0. The Kier molecular flexibility index (Phi) is 4.39. The van der Waals surface area contributed by atoms with Crippen molar-refractivity contribution in [2.45, 2.75) is 24.1 Å². The minimum absolute atomic E-state index is 1.02. The van der Waals surface area contributed by atoms with Crippen LogP contribution >= 0.6 is 0 Å². The van der Waals surface area contributed by atoms with Gasteiger partial charge < -0.3 is 35.7 Å². The number of aliphatic hydroxyl groups excluding tert-OH is 4. The van der Waals surface area contributed by atoms with Gasteiger partial charge in [0.1, 0.15) is 12.2 Å². The standard InChI is InChI=1S/C6H12O8/c7-1-2(8)3(9)6(13,14)4(10)5(11)12/h2-4,7-10,13-14H,1H2,(H,11,12). The Bertz CT molecular complexity index is 202. The number of hydrogen-bond acceptors (Lipinski definition) is 7. The summed E-state index contributed by atoms with van der Waals surface area (Å²) in [4.78, 5) is 10.1. The van der Waals surface area contributed by atoms with Gasteiger partial charge in [-0.1, -0.05) is 0 Å². The zero-order valence-electron chi connectivity index (χ0n) is 6.98. The summed E-state index contributed by atoms with van der Waals surface area (Å²) in [5, 5.41) is 60.8. The predicted octanol–water partition coefficient (Wildman–Crippen LogP) is -4.17. The van der Waals surface area contributed by atoms with Crippen LogP contribution < -0.4 is 0 Å². The molecule has 0 aromatic carbocycles. The fraction of sp³-hybridized carbons (Fsp3) is 0.833. The van der Waals surface area contributed by atoms with Crippen LogP contribution in [0.1, 0.15) is 0 Å². The van der Waals surface area contributed by atoms with Crippen LogP contribution in [-0.4, -0.2) is 72.4 Å². The van der Waals surface area contributed by atoms with E-state index in [-0.39, 0.29) is 0 Å². The summed E-state index contributed by atoms with van der Waals surface area (Å²) >= 11 is 0. The van der Waals surface area contributed by atoms with Crippen LogP contribution in [0.25, 0.3) is 0 Å². The van der Waals surface area contributed by atoms with E-state index in [1.165, 1.54) is 0 Å². The maximum Gasteiger partial charge on any atom is 0.338 e. The number of carboxylic acids is 1. The fourth-order valence-corrected chi connectivity index (χ4v) is 0.726. The molecule has 0 aliphatic heterocycles. The average Bonchev–Trinajstić information content (AvgIpc) is 2.13. The van der Waals surface area contributed by atoms with Crippen molar-refractivity contribution in [1.29, 1.82) is 0 Å². The van der Waals surface area contributed by atoms with Gasteiger partial charge in [-0.25, -0.2) is 4.79 Å². The second-order valence-corrected chi connectivity index (χ2v) is 2.72. The van der Waals surface area contributed by atoms with Crippen molar-refractivity contribution in [3.63, 3.8) is 0 Å². The van der Waals surface area contributed by atoms with Gasteiger partial charge in [0.25, 0.3) is 0 Å².